The first-order chi connectivity index (χ1) is 7.66. The Labute approximate surface area is 98.3 Å². The first-order valence-electron chi connectivity index (χ1n) is 6.47. The maximum Gasteiger partial charge on any atom is 0.0947 e. The van der Waals surface area contributed by atoms with Gasteiger partial charge in [-0.15, -0.1) is 0 Å². The fourth-order valence-electron chi connectivity index (χ4n) is 2.93. The van der Waals surface area contributed by atoms with Crippen LogP contribution in [-0.4, -0.2) is 54.4 Å². The van der Waals surface area contributed by atoms with E-state index in [1.807, 2.05) is 0 Å². The number of hydrogen-bond donors (Lipinski definition) is 2. The summed E-state index contributed by atoms with van der Waals surface area (Å²) < 4.78 is 0. The summed E-state index contributed by atoms with van der Waals surface area (Å²) >= 11 is 0. The fraction of sp³-hybridized carbons (Fsp3) is 0.917. The highest BCUT2D eigenvalue weighted by atomic mass is 15.3. The molecule has 2 fully saturated rings. The van der Waals surface area contributed by atoms with Crippen molar-refractivity contribution >= 4 is 5.84 Å². The van der Waals surface area contributed by atoms with Gasteiger partial charge < -0.3 is 10.6 Å². The van der Waals surface area contributed by atoms with Crippen molar-refractivity contribution in [2.24, 2.45) is 11.7 Å². The van der Waals surface area contributed by atoms with E-state index in [2.05, 4.69) is 16.7 Å². The third-order valence-corrected chi connectivity index (χ3v) is 3.95. The molecule has 0 saturated carbocycles. The molecule has 2 aliphatic heterocycles. The molecular formula is C12H24N4. The molecule has 0 aromatic rings. The van der Waals surface area contributed by atoms with Crippen LogP contribution in [-0.2, 0) is 0 Å². The molecule has 4 heteroatoms. The lowest BCUT2D eigenvalue weighted by Gasteiger charge is -2.27. The number of nitrogens with two attached hydrogens (primary N) is 1. The average molecular weight is 224 g/mol. The third-order valence-electron chi connectivity index (χ3n) is 3.95. The minimum Gasteiger partial charge on any atom is -0.387 e. The van der Waals surface area contributed by atoms with Gasteiger partial charge in [0.1, 0.15) is 0 Å². The smallest absolute Gasteiger partial charge is 0.0947 e. The second-order valence-corrected chi connectivity index (χ2v) is 5.30. The van der Waals surface area contributed by atoms with E-state index in [0.29, 0.717) is 5.84 Å². The molecule has 0 spiro atoms. The molecule has 2 atom stereocenters. The quantitative estimate of drug-likeness (QED) is 0.549. The van der Waals surface area contributed by atoms with Crippen LogP contribution in [0.1, 0.15) is 26.2 Å². The van der Waals surface area contributed by atoms with E-state index in [1.54, 1.807) is 0 Å². The van der Waals surface area contributed by atoms with Crippen LogP contribution in [0.15, 0.2) is 0 Å². The summed E-state index contributed by atoms with van der Waals surface area (Å²) in [7, 11) is 0. The van der Waals surface area contributed by atoms with Crippen molar-refractivity contribution in [3.8, 4) is 0 Å². The van der Waals surface area contributed by atoms with Gasteiger partial charge in [-0.25, -0.2) is 0 Å². The first-order valence-corrected chi connectivity index (χ1v) is 6.47. The van der Waals surface area contributed by atoms with Crippen molar-refractivity contribution in [2.75, 3.05) is 32.7 Å². The first kappa shape index (κ1) is 11.9. The summed E-state index contributed by atoms with van der Waals surface area (Å²) in [5.74, 6) is 0.528. The molecule has 4 nitrogen and oxygen atoms in total. The number of hydrogen-bond acceptors (Lipinski definition) is 3. The lowest BCUT2D eigenvalue weighted by Crippen LogP contribution is -2.40. The molecule has 2 aliphatic rings. The Morgan fingerprint density at radius 3 is 2.88 bits per heavy atom. The summed E-state index contributed by atoms with van der Waals surface area (Å²) in [6.45, 7) is 7.91. The Morgan fingerprint density at radius 1 is 1.38 bits per heavy atom. The molecule has 0 aromatic carbocycles. The molecule has 0 bridgehead atoms. The largest absolute Gasteiger partial charge is 0.387 e. The van der Waals surface area contributed by atoms with Crippen molar-refractivity contribution in [3.05, 3.63) is 0 Å². The van der Waals surface area contributed by atoms with Gasteiger partial charge in [0.15, 0.2) is 0 Å². The van der Waals surface area contributed by atoms with Gasteiger partial charge in [-0.05, 0) is 38.9 Å². The molecule has 3 N–H and O–H groups in total. The second-order valence-electron chi connectivity index (χ2n) is 5.30. The zero-order valence-corrected chi connectivity index (χ0v) is 10.3. The maximum atomic E-state index is 7.46. The lowest BCUT2D eigenvalue weighted by molar-refractivity contribution is 0.213. The normalized spacial score (nSPS) is 29.7. The highest BCUT2D eigenvalue weighted by molar-refractivity contribution is 5.79. The number of nitrogens with zero attached hydrogens (tertiary/aromatic N) is 2. The van der Waals surface area contributed by atoms with E-state index >= 15 is 0 Å². The van der Waals surface area contributed by atoms with Gasteiger partial charge in [-0.3, -0.25) is 10.3 Å². The van der Waals surface area contributed by atoms with Crippen LogP contribution < -0.4 is 5.73 Å². The molecule has 0 radical (unpaired) electrons. The van der Waals surface area contributed by atoms with E-state index < -0.39 is 0 Å². The maximum absolute atomic E-state index is 7.46. The monoisotopic (exact) mass is 224 g/mol. The topological polar surface area (TPSA) is 56.4 Å². The molecule has 2 unspecified atom stereocenters. The summed E-state index contributed by atoms with van der Waals surface area (Å²) in [6.07, 6.45) is 3.98. The predicted octanol–water partition coefficient (Wildman–Crippen LogP) is 0.729. The highest BCUT2D eigenvalue weighted by Gasteiger charge is 2.29. The Kier molecular flexibility index (Phi) is 3.82. The predicted molar refractivity (Wildman–Crippen MR) is 66.7 cm³/mol. The molecule has 2 heterocycles. The molecular weight excluding hydrogens is 200 g/mol. The Bertz CT molecular complexity index is 253. The van der Waals surface area contributed by atoms with E-state index in [4.69, 9.17) is 11.1 Å². The Hall–Kier alpha value is -0.610. The number of rotatable bonds is 3. The number of fused-ring (bicyclic) bond motifs is 1. The highest BCUT2D eigenvalue weighted by Crippen LogP contribution is 2.21. The lowest BCUT2D eigenvalue weighted by atomic mass is 10.1. The van der Waals surface area contributed by atoms with Crippen LogP contribution in [0.25, 0.3) is 0 Å². The van der Waals surface area contributed by atoms with Gasteiger partial charge in [0.25, 0.3) is 0 Å². The molecule has 16 heavy (non-hydrogen) atoms. The molecule has 0 aromatic heterocycles. The van der Waals surface area contributed by atoms with Gasteiger partial charge >= 0.3 is 0 Å². The summed E-state index contributed by atoms with van der Waals surface area (Å²) in [6, 6.07) is 0.765. The summed E-state index contributed by atoms with van der Waals surface area (Å²) in [4.78, 5) is 5.14. The molecule has 2 saturated heterocycles. The minimum atomic E-state index is 0.202. The van der Waals surface area contributed by atoms with Crippen LogP contribution in [0.5, 0.6) is 0 Å². The van der Waals surface area contributed by atoms with E-state index in [-0.39, 0.29) is 5.92 Å². The van der Waals surface area contributed by atoms with Gasteiger partial charge in [0.2, 0.25) is 0 Å². The molecule has 92 valence electrons. The molecule has 0 amide bonds. The van der Waals surface area contributed by atoms with E-state index in [1.165, 1.54) is 45.4 Å². The molecule has 0 aliphatic carbocycles. The van der Waals surface area contributed by atoms with Crippen molar-refractivity contribution in [2.45, 2.75) is 32.2 Å². The fourth-order valence-corrected chi connectivity index (χ4v) is 2.93. The number of amidine groups is 1. The van der Waals surface area contributed by atoms with Crippen LogP contribution in [0.4, 0.5) is 0 Å². The standard InChI is InChI=1S/C12H24N4/c1-10(12(13)14)8-15-5-3-7-16-6-2-4-11(16)9-15/h10-11H,2-9H2,1H3,(H3,13,14). The summed E-state index contributed by atoms with van der Waals surface area (Å²) in [5, 5.41) is 7.46. The zero-order chi connectivity index (χ0) is 11.5. The van der Waals surface area contributed by atoms with Crippen LogP contribution in [0, 0.1) is 11.3 Å². The van der Waals surface area contributed by atoms with Crippen LogP contribution in [0.3, 0.4) is 0 Å². The van der Waals surface area contributed by atoms with Crippen molar-refractivity contribution in [1.29, 1.82) is 5.41 Å². The van der Waals surface area contributed by atoms with Crippen molar-refractivity contribution < 1.29 is 0 Å². The summed E-state index contributed by atoms with van der Waals surface area (Å²) in [5.41, 5.74) is 5.55. The Morgan fingerprint density at radius 2 is 2.12 bits per heavy atom. The van der Waals surface area contributed by atoms with Gasteiger partial charge in [-0.2, -0.15) is 0 Å². The van der Waals surface area contributed by atoms with Crippen LogP contribution >= 0.6 is 0 Å². The van der Waals surface area contributed by atoms with Crippen molar-refractivity contribution in [1.82, 2.24) is 9.80 Å². The molecule has 2 rings (SSSR count). The van der Waals surface area contributed by atoms with E-state index in [0.717, 1.165) is 12.6 Å². The average Bonchev–Trinajstić information content (AvgIpc) is 2.57. The Balaban J connectivity index is 1.88. The van der Waals surface area contributed by atoms with Gasteiger partial charge in [0, 0.05) is 25.0 Å². The van der Waals surface area contributed by atoms with Crippen molar-refractivity contribution in [3.63, 3.8) is 0 Å². The number of nitrogens with one attached hydrogen (secondary N) is 1. The van der Waals surface area contributed by atoms with E-state index in [9.17, 15) is 0 Å². The second kappa shape index (κ2) is 5.15. The van der Waals surface area contributed by atoms with Crippen LogP contribution in [0.2, 0.25) is 0 Å². The third kappa shape index (κ3) is 2.74. The zero-order valence-electron chi connectivity index (χ0n) is 10.3. The van der Waals surface area contributed by atoms with Gasteiger partial charge in [-0.1, -0.05) is 6.92 Å². The SMILES string of the molecule is CC(CN1CCCN2CCCC2C1)C(=N)N. The van der Waals surface area contributed by atoms with Gasteiger partial charge in [0.05, 0.1) is 5.84 Å². The minimum absolute atomic E-state index is 0.202.